The first kappa shape index (κ1) is 11.1. The molecule has 0 heterocycles. The highest BCUT2D eigenvalue weighted by atomic mass is 19.1. The highest BCUT2D eigenvalue weighted by molar-refractivity contribution is 5.29. The first-order valence-electron chi connectivity index (χ1n) is 4.77. The van der Waals surface area contributed by atoms with Gasteiger partial charge < -0.3 is 10.8 Å². The number of rotatable bonds is 4. The number of halogens is 1. The van der Waals surface area contributed by atoms with Crippen LogP contribution in [-0.4, -0.2) is 11.7 Å². The third-order valence-corrected chi connectivity index (χ3v) is 2.31. The third kappa shape index (κ3) is 2.79. The fourth-order valence-electron chi connectivity index (χ4n) is 1.48. The molecule has 0 unspecified atom stereocenters. The van der Waals surface area contributed by atoms with Gasteiger partial charge in [-0.15, -0.1) is 0 Å². The van der Waals surface area contributed by atoms with Crippen LogP contribution in [0.5, 0.6) is 0 Å². The van der Waals surface area contributed by atoms with E-state index in [9.17, 15) is 4.39 Å². The van der Waals surface area contributed by atoms with Crippen molar-refractivity contribution in [3.8, 4) is 0 Å². The molecule has 0 aliphatic rings. The van der Waals surface area contributed by atoms with Crippen LogP contribution in [-0.2, 0) is 0 Å². The Labute approximate surface area is 83.6 Å². The molecule has 1 atom stereocenters. The van der Waals surface area contributed by atoms with E-state index in [2.05, 4.69) is 0 Å². The monoisotopic (exact) mass is 197 g/mol. The fraction of sp³-hybridized carbons (Fsp3) is 0.455. The molecule has 0 saturated carbocycles. The third-order valence-electron chi connectivity index (χ3n) is 2.31. The molecule has 3 heteroatoms. The zero-order chi connectivity index (χ0) is 10.6. The van der Waals surface area contributed by atoms with Crippen LogP contribution in [0, 0.1) is 12.7 Å². The fourth-order valence-corrected chi connectivity index (χ4v) is 1.48. The average molecular weight is 197 g/mol. The summed E-state index contributed by atoms with van der Waals surface area (Å²) in [6, 6.07) is 4.44. The van der Waals surface area contributed by atoms with Gasteiger partial charge in [0.05, 0.1) is 0 Å². The van der Waals surface area contributed by atoms with Crippen LogP contribution < -0.4 is 5.73 Å². The summed E-state index contributed by atoms with van der Waals surface area (Å²) in [5, 5.41) is 8.66. The molecule has 2 nitrogen and oxygen atoms in total. The lowest BCUT2D eigenvalue weighted by atomic mass is 9.98. The highest BCUT2D eigenvalue weighted by Crippen LogP contribution is 2.20. The maximum Gasteiger partial charge on any atom is 0.123 e. The van der Waals surface area contributed by atoms with Gasteiger partial charge in [-0.1, -0.05) is 6.07 Å². The summed E-state index contributed by atoms with van der Waals surface area (Å²) in [7, 11) is 0. The van der Waals surface area contributed by atoms with Crippen molar-refractivity contribution in [2.45, 2.75) is 25.8 Å². The van der Waals surface area contributed by atoms with E-state index >= 15 is 0 Å². The van der Waals surface area contributed by atoms with E-state index in [1.165, 1.54) is 12.1 Å². The Bertz CT molecular complexity index is 301. The van der Waals surface area contributed by atoms with E-state index in [-0.39, 0.29) is 18.5 Å². The quantitative estimate of drug-likeness (QED) is 0.774. The zero-order valence-corrected chi connectivity index (χ0v) is 8.33. The first-order valence-corrected chi connectivity index (χ1v) is 4.77. The van der Waals surface area contributed by atoms with Crippen molar-refractivity contribution in [2.24, 2.45) is 5.73 Å². The normalized spacial score (nSPS) is 12.9. The van der Waals surface area contributed by atoms with Crippen LogP contribution in [0.2, 0.25) is 0 Å². The van der Waals surface area contributed by atoms with Crippen molar-refractivity contribution in [3.63, 3.8) is 0 Å². The molecule has 1 aromatic rings. The van der Waals surface area contributed by atoms with Gasteiger partial charge in [-0.05, 0) is 43.0 Å². The minimum atomic E-state index is -0.259. The lowest BCUT2D eigenvalue weighted by Crippen LogP contribution is -2.12. The van der Waals surface area contributed by atoms with Gasteiger partial charge in [0, 0.05) is 12.6 Å². The Balaban J connectivity index is 2.77. The predicted molar refractivity (Wildman–Crippen MR) is 54.4 cm³/mol. The Morgan fingerprint density at radius 3 is 2.86 bits per heavy atom. The number of benzene rings is 1. The molecule has 0 amide bonds. The molecule has 78 valence electrons. The summed E-state index contributed by atoms with van der Waals surface area (Å²) in [4.78, 5) is 0. The van der Waals surface area contributed by atoms with Crippen LogP contribution in [0.1, 0.15) is 30.0 Å². The molecule has 0 fully saturated rings. The molecule has 0 saturated heterocycles. The van der Waals surface area contributed by atoms with E-state index in [1.807, 2.05) is 6.92 Å². The van der Waals surface area contributed by atoms with Gasteiger partial charge in [0.2, 0.25) is 0 Å². The van der Waals surface area contributed by atoms with Gasteiger partial charge >= 0.3 is 0 Å². The van der Waals surface area contributed by atoms with Crippen molar-refractivity contribution in [1.29, 1.82) is 0 Å². The van der Waals surface area contributed by atoms with Crippen molar-refractivity contribution in [2.75, 3.05) is 6.61 Å². The molecule has 0 aliphatic carbocycles. The second-order valence-corrected chi connectivity index (χ2v) is 3.47. The lowest BCUT2D eigenvalue weighted by molar-refractivity contribution is 0.280. The van der Waals surface area contributed by atoms with Gasteiger partial charge in [0.15, 0.2) is 0 Å². The van der Waals surface area contributed by atoms with E-state index in [1.54, 1.807) is 6.07 Å². The molecule has 0 spiro atoms. The molecule has 1 aromatic carbocycles. The maximum atomic E-state index is 12.9. The lowest BCUT2D eigenvalue weighted by Gasteiger charge is -2.13. The molecule has 0 aliphatic heterocycles. The first-order chi connectivity index (χ1) is 6.65. The number of hydrogen-bond donors (Lipinski definition) is 2. The number of aliphatic hydroxyl groups excluding tert-OH is 1. The summed E-state index contributed by atoms with van der Waals surface area (Å²) in [6.07, 6.45) is 1.33. The van der Waals surface area contributed by atoms with Crippen molar-refractivity contribution in [3.05, 3.63) is 35.1 Å². The SMILES string of the molecule is Cc1ccc(F)cc1[C@@H](N)CCCO. The smallest absolute Gasteiger partial charge is 0.123 e. The molecule has 3 N–H and O–H groups in total. The Morgan fingerprint density at radius 2 is 2.21 bits per heavy atom. The molecular formula is C11H16FNO. The van der Waals surface area contributed by atoms with Crippen LogP contribution in [0.4, 0.5) is 4.39 Å². The van der Waals surface area contributed by atoms with E-state index < -0.39 is 0 Å². The number of nitrogens with two attached hydrogens (primary N) is 1. The standard InChI is InChI=1S/C11H16FNO/c1-8-4-5-9(12)7-10(8)11(13)3-2-6-14/h4-5,7,11,14H,2-3,6,13H2,1H3/t11-/m0/s1. The molecule has 1 rings (SSSR count). The number of hydrogen-bond acceptors (Lipinski definition) is 2. The molecule has 0 bridgehead atoms. The minimum Gasteiger partial charge on any atom is -0.396 e. The van der Waals surface area contributed by atoms with Crippen molar-refractivity contribution >= 4 is 0 Å². The van der Waals surface area contributed by atoms with Crippen LogP contribution in [0.3, 0.4) is 0 Å². The van der Waals surface area contributed by atoms with Crippen LogP contribution in [0.15, 0.2) is 18.2 Å². The Morgan fingerprint density at radius 1 is 1.50 bits per heavy atom. The van der Waals surface area contributed by atoms with Crippen LogP contribution in [0.25, 0.3) is 0 Å². The molecule has 14 heavy (non-hydrogen) atoms. The number of aliphatic hydroxyl groups is 1. The summed E-state index contributed by atoms with van der Waals surface area (Å²) in [5.74, 6) is -0.259. The highest BCUT2D eigenvalue weighted by Gasteiger charge is 2.09. The second kappa shape index (κ2) is 5.08. The summed E-state index contributed by atoms with van der Waals surface area (Å²) >= 11 is 0. The Kier molecular flexibility index (Phi) is 4.04. The minimum absolute atomic E-state index is 0.127. The van der Waals surface area contributed by atoms with Gasteiger partial charge in [-0.25, -0.2) is 4.39 Å². The topological polar surface area (TPSA) is 46.2 Å². The van der Waals surface area contributed by atoms with E-state index in [0.29, 0.717) is 12.8 Å². The van der Waals surface area contributed by atoms with Crippen LogP contribution >= 0.6 is 0 Å². The number of aryl methyl sites for hydroxylation is 1. The molecule has 0 aromatic heterocycles. The molecular weight excluding hydrogens is 181 g/mol. The second-order valence-electron chi connectivity index (χ2n) is 3.47. The van der Waals surface area contributed by atoms with Crippen molar-refractivity contribution < 1.29 is 9.50 Å². The summed E-state index contributed by atoms with van der Waals surface area (Å²) in [6.45, 7) is 2.04. The zero-order valence-electron chi connectivity index (χ0n) is 8.33. The summed E-state index contributed by atoms with van der Waals surface area (Å²) in [5.41, 5.74) is 7.70. The van der Waals surface area contributed by atoms with Gasteiger partial charge in [-0.2, -0.15) is 0 Å². The summed E-state index contributed by atoms with van der Waals surface area (Å²) < 4.78 is 12.9. The van der Waals surface area contributed by atoms with Crippen molar-refractivity contribution in [1.82, 2.24) is 0 Å². The van der Waals surface area contributed by atoms with Gasteiger partial charge in [0.1, 0.15) is 5.82 Å². The van der Waals surface area contributed by atoms with E-state index in [4.69, 9.17) is 10.8 Å². The van der Waals surface area contributed by atoms with Gasteiger partial charge in [-0.3, -0.25) is 0 Å². The van der Waals surface area contributed by atoms with Gasteiger partial charge in [0.25, 0.3) is 0 Å². The van der Waals surface area contributed by atoms with E-state index in [0.717, 1.165) is 11.1 Å². The largest absolute Gasteiger partial charge is 0.396 e. The molecule has 0 radical (unpaired) electrons. The predicted octanol–water partition coefficient (Wildman–Crippen LogP) is 1.91. The average Bonchev–Trinajstić information content (AvgIpc) is 2.18. The Hall–Kier alpha value is -0.930. The maximum absolute atomic E-state index is 12.9.